The third-order valence-corrected chi connectivity index (χ3v) is 5.30. The van der Waals surface area contributed by atoms with Gasteiger partial charge in [-0.2, -0.15) is 5.10 Å². The van der Waals surface area contributed by atoms with E-state index in [9.17, 15) is 9.59 Å². The van der Waals surface area contributed by atoms with E-state index >= 15 is 0 Å². The van der Waals surface area contributed by atoms with E-state index in [1.54, 1.807) is 6.07 Å². The third-order valence-electron chi connectivity index (χ3n) is 4.07. The van der Waals surface area contributed by atoms with E-state index in [1.165, 1.54) is 18.3 Å². The molecule has 6 nitrogen and oxygen atoms in total. The first kappa shape index (κ1) is 24.2. The monoisotopic (exact) mass is 513 g/mol. The van der Waals surface area contributed by atoms with E-state index in [-0.39, 0.29) is 10.9 Å². The molecule has 160 valence electrons. The zero-order valence-electron chi connectivity index (χ0n) is 16.7. The van der Waals surface area contributed by atoms with Crippen molar-refractivity contribution >= 4 is 57.2 Å². The molecule has 1 unspecified atom stereocenters. The summed E-state index contributed by atoms with van der Waals surface area (Å²) in [7, 11) is 0. The van der Waals surface area contributed by atoms with Crippen LogP contribution in [0.5, 0.6) is 5.75 Å². The van der Waals surface area contributed by atoms with Crippen LogP contribution in [0.3, 0.4) is 0 Å². The first-order chi connectivity index (χ1) is 14.2. The molecular weight excluding hydrogens is 493 g/mol. The number of hydrazone groups is 1. The van der Waals surface area contributed by atoms with Crippen LogP contribution in [0.4, 0.5) is 0 Å². The van der Waals surface area contributed by atoms with E-state index < -0.39 is 17.9 Å². The van der Waals surface area contributed by atoms with E-state index in [4.69, 9.17) is 27.9 Å². The quantitative estimate of drug-likeness (QED) is 0.381. The molecule has 2 amide bonds. The van der Waals surface area contributed by atoms with E-state index in [0.29, 0.717) is 28.5 Å². The summed E-state index contributed by atoms with van der Waals surface area (Å²) < 4.78 is 6.41. The molecule has 0 radical (unpaired) electrons. The lowest BCUT2D eigenvalue weighted by Crippen LogP contribution is -2.48. The summed E-state index contributed by atoms with van der Waals surface area (Å²) in [5.41, 5.74) is 3.49. The Balaban J connectivity index is 2.09. The molecule has 0 aliphatic rings. The molecule has 0 fully saturated rings. The van der Waals surface area contributed by atoms with Gasteiger partial charge in [-0.25, -0.2) is 5.43 Å². The van der Waals surface area contributed by atoms with Gasteiger partial charge in [0.15, 0.2) is 0 Å². The molecule has 2 aromatic rings. The van der Waals surface area contributed by atoms with Crippen LogP contribution in [0.15, 0.2) is 46.0 Å². The number of benzene rings is 2. The number of carbonyl (C=O) groups excluding carboxylic acids is 2. The molecule has 0 aromatic heterocycles. The Morgan fingerprint density at radius 3 is 2.53 bits per heavy atom. The van der Waals surface area contributed by atoms with Gasteiger partial charge in [0.05, 0.1) is 22.9 Å². The molecule has 0 heterocycles. The number of hydrogen-bond acceptors (Lipinski definition) is 4. The third kappa shape index (κ3) is 6.72. The molecule has 0 saturated heterocycles. The van der Waals surface area contributed by atoms with Crippen LogP contribution >= 0.6 is 39.1 Å². The summed E-state index contributed by atoms with van der Waals surface area (Å²) >= 11 is 15.3. The van der Waals surface area contributed by atoms with Gasteiger partial charge in [0.25, 0.3) is 11.8 Å². The van der Waals surface area contributed by atoms with Gasteiger partial charge in [-0.15, -0.1) is 0 Å². The van der Waals surface area contributed by atoms with Crippen molar-refractivity contribution in [2.45, 2.75) is 26.8 Å². The fourth-order valence-corrected chi connectivity index (χ4v) is 3.22. The Kier molecular flexibility index (Phi) is 9.14. The SMILES string of the molecule is CCOc1ccc(Br)cc1/C=N/NC(=O)C(NC(=O)c1ccc(Cl)c(Cl)c1)C(C)C. The van der Waals surface area contributed by atoms with Crippen molar-refractivity contribution < 1.29 is 14.3 Å². The Labute approximate surface area is 194 Å². The van der Waals surface area contributed by atoms with Crippen LogP contribution in [0, 0.1) is 5.92 Å². The predicted octanol–water partition coefficient (Wildman–Crippen LogP) is 5.06. The smallest absolute Gasteiger partial charge is 0.262 e. The summed E-state index contributed by atoms with van der Waals surface area (Å²) in [6.07, 6.45) is 1.49. The fourth-order valence-electron chi connectivity index (χ4n) is 2.54. The molecule has 0 bridgehead atoms. The van der Waals surface area contributed by atoms with Gasteiger partial charge in [-0.05, 0) is 49.2 Å². The van der Waals surface area contributed by atoms with Crippen molar-refractivity contribution in [3.05, 3.63) is 62.0 Å². The highest BCUT2D eigenvalue weighted by Gasteiger charge is 2.24. The number of rotatable bonds is 8. The lowest BCUT2D eigenvalue weighted by atomic mass is 10.0. The topological polar surface area (TPSA) is 79.8 Å². The summed E-state index contributed by atoms with van der Waals surface area (Å²) in [5.74, 6) is -0.400. The summed E-state index contributed by atoms with van der Waals surface area (Å²) in [6.45, 7) is 6.04. The Hall–Kier alpha value is -2.09. The van der Waals surface area contributed by atoms with E-state index in [0.717, 1.165) is 4.47 Å². The van der Waals surface area contributed by atoms with Gasteiger partial charge in [0.2, 0.25) is 0 Å². The largest absolute Gasteiger partial charge is 0.493 e. The average Bonchev–Trinajstić information content (AvgIpc) is 2.69. The van der Waals surface area contributed by atoms with Crippen LogP contribution in [0.1, 0.15) is 36.7 Å². The van der Waals surface area contributed by atoms with Crippen LogP contribution in [-0.4, -0.2) is 30.7 Å². The second-order valence-corrected chi connectivity index (χ2v) is 8.40. The van der Waals surface area contributed by atoms with Crippen molar-refractivity contribution in [1.82, 2.24) is 10.7 Å². The van der Waals surface area contributed by atoms with Crippen molar-refractivity contribution in [2.75, 3.05) is 6.61 Å². The maximum absolute atomic E-state index is 12.6. The van der Waals surface area contributed by atoms with Gasteiger partial charge < -0.3 is 10.1 Å². The van der Waals surface area contributed by atoms with Crippen LogP contribution < -0.4 is 15.5 Å². The molecule has 30 heavy (non-hydrogen) atoms. The van der Waals surface area contributed by atoms with Crippen LogP contribution in [0.25, 0.3) is 0 Å². The second kappa shape index (κ2) is 11.3. The Bertz CT molecular complexity index is 951. The predicted molar refractivity (Wildman–Crippen MR) is 124 cm³/mol. The molecule has 2 N–H and O–H groups in total. The maximum Gasteiger partial charge on any atom is 0.262 e. The van der Waals surface area contributed by atoms with Crippen molar-refractivity contribution in [2.24, 2.45) is 11.0 Å². The van der Waals surface area contributed by atoms with E-state index in [2.05, 4.69) is 31.8 Å². The van der Waals surface area contributed by atoms with Crippen LogP contribution in [-0.2, 0) is 4.79 Å². The van der Waals surface area contributed by atoms with E-state index in [1.807, 2.05) is 39.0 Å². The minimum Gasteiger partial charge on any atom is -0.493 e. The molecular formula is C21H22BrCl2N3O3. The molecule has 0 spiro atoms. The Morgan fingerprint density at radius 2 is 1.90 bits per heavy atom. The summed E-state index contributed by atoms with van der Waals surface area (Å²) in [6, 6.07) is 9.22. The minimum atomic E-state index is -0.794. The molecule has 1 atom stereocenters. The van der Waals surface area contributed by atoms with Crippen LogP contribution in [0.2, 0.25) is 10.0 Å². The van der Waals surface area contributed by atoms with Gasteiger partial charge in [-0.1, -0.05) is 53.0 Å². The lowest BCUT2D eigenvalue weighted by Gasteiger charge is -2.20. The molecule has 0 aliphatic carbocycles. The molecule has 9 heteroatoms. The highest BCUT2D eigenvalue weighted by molar-refractivity contribution is 9.10. The van der Waals surface area contributed by atoms with Crippen molar-refractivity contribution in [3.8, 4) is 5.75 Å². The minimum absolute atomic E-state index is 0.170. The van der Waals surface area contributed by atoms with Gasteiger partial charge in [0, 0.05) is 15.6 Å². The number of nitrogens with zero attached hydrogens (tertiary/aromatic N) is 1. The number of carbonyl (C=O) groups is 2. The lowest BCUT2D eigenvalue weighted by molar-refractivity contribution is -0.123. The molecule has 0 aliphatic heterocycles. The summed E-state index contributed by atoms with van der Waals surface area (Å²) in [5, 5.41) is 7.34. The summed E-state index contributed by atoms with van der Waals surface area (Å²) in [4.78, 5) is 25.1. The molecule has 2 rings (SSSR count). The highest BCUT2D eigenvalue weighted by Crippen LogP contribution is 2.23. The van der Waals surface area contributed by atoms with Gasteiger partial charge in [-0.3, -0.25) is 9.59 Å². The number of ether oxygens (including phenoxy) is 1. The number of halogens is 3. The number of hydrogen-bond donors (Lipinski definition) is 2. The Morgan fingerprint density at radius 1 is 1.17 bits per heavy atom. The molecule has 2 aromatic carbocycles. The first-order valence-corrected chi connectivity index (χ1v) is 10.8. The highest BCUT2D eigenvalue weighted by atomic mass is 79.9. The zero-order valence-corrected chi connectivity index (χ0v) is 19.8. The molecule has 0 saturated carbocycles. The normalized spacial score (nSPS) is 12.1. The van der Waals surface area contributed by atoms with Crippen molar-refractivity contribution in [3.63, 3.8) is 0 Å². The van der Waals surface area contributed by atoms with Gasteiger partial charge in [0.1, 0.15) is 11.8 Å². The van der Waals surface area contributed by atoms with Gasteiger partial charge >= 0.3 is 0 Å². The number of nitrogens with one attached hydrogen (secondary N) is 2. The maximum atomic E-state index is 12.6. The first-order valence-electron chi connectivity index (χ1n) is 9.24. The second-order valence-electron chi connectivity index (χ2n) is 6.67. The van der Waals surface area contributed by atoms with Crippen molar-refractivity contribution in [1.29, 1.82) is 0 Å². The standard InChI is InChI=1S/C21H22BrCl2N3O3/c1-4-30-18-8-6-15(22)9-14(18)11-25-27-21(29)19(12(2)3)26-20(28)13-5-7-16(23)17(24)10-13/h5-12,19H,4H2,1-3H3,(H,26,28)(H,27,29)/b25-11+. The number of amides is 2. The zero-order chi connectivity index (χ0) is 22.3. The average molecular weight is 515 g/mol. The fraction of sp³-hybridized carbons (Fsp3) is 0.286.